The van der Waals surface area contributed by atoms with Crippen LogP contribution in [0.4, 0.5) is 8.78 Å². The molecule has 92 valence electrons. The van der Waals surface area contributed by atoms with Gasteiger partial charge in [-0.3, -0.25) is 4.68 Å². The number of aromatic nitrogens is 2. The summed E-state index contributed by atoms with van der Waals surface area (Å²) in [4.78, 5) is 0. The molecule has 5 heteroatoms. The van der Waals surface area contributed by atoms with Gasteiger partial charge in [0, 0.05) is 11.3 Å². The largest absolute Gasteiger partial charge is 0.263 e. The second kappa shape index (κ2) is 5.62. The maximum Gasteiger partial charge on any atom is 0.257 e. The van der Waals surface area contributed by atoms with Crippen LogP contribution in [0.15, 0.2) is 0 Å². The lowest BCUT2D eigenvalue weighted by atomic mass is 10.1. The summed E-state index contributed by atoms with van der Waals surface area (Å²) < 4.78 is 26.2. The van der Waals surface area contributed by atoms with E-state index in [0.717, 1.165) is 23.4 Å². The van der Waals surface area contributed by atoms with E-state index < -0.39 is 6.43 Å². The molecule has 0 N–H and O–H groups in total. The fourth-order valence-corrected chi connectivity index (χ4v) is 2.19. The summed E-state index contributed by atoms with van der Waals surface area (Å²) in [6.45, 7) is 5.39. The molecular formula is C11H17ClF2N2. The first kappa shape index (κ1) is 13.4. The highest BCUT2D eigenvalue weighted by Gasteiger charge is 2.20. The Morgan fingerprint density at radius 2 is 1.94 bits per heavy atom. The monoisotopic (exact) mass is 250 g/mol. The normalized spacial score (nSPS) is 13.4. The second-order valence-electron chi connectivity index (χ2n) is 3.70. The Morgan fingerprint density at radius 1 is 1.31 bits per heavy atom. The minimum Gasteiger partial charge on any atom is -0.263 e. The zero-order chi connectivity index (χ0) is 12.3. The van der Waals surface area contributed by atoms with Gasteiger partial charge in [-0.15, -0.1) is 11.6 Å². The van der Waals surface area contributed by atoms with Crippen molar-refractivity contribution in [1.29, 1.82) is 0 Å². The van der Waals surface area contributed by atoms with E-state index in [2.05, 4.69) is 5.10 Å². The molecule has 1 heterocycles. The Kier molecular flexibility index (Phi) is 4.71. The van der Waals surface area contributed by atoms with E-state index in [-0.39, 0.29) is 11.9 Å². The van der Waals surface area contributed by atoms with Crippen molar-refractivity contribution >= 4 is 11.6 Å². The Balaban J connectivity index is 3.19. The zero-order valence-corrected chi connectivity index (χ0v) is 10.6. The van der Waals surface area contributed by atoms with E-state index in [1.165, 1.54) is 4.68 Å². The highest BCUT2D eigenvalue weighted by molar-refractivity contribution is 6.20. The van der Waals surface area contributed by atoms with Gasteiger partial charge in [0.2, 0.25) is 0 Å². The molecule has 0 saturated carbocycles. The van der Waals surface area contributed by atoms with Crippen molar-refractivity contribution in [2.75, 3.05) is 0 Å². The quantitative estimate of drug-likeness (QED) is 0.731. The smallest absolute Gasteiger partial charge is 0.257 e. The van der Waals surface area contributed by atoms with E-state index in [4.69, 9.17) is 11.6 Å². The molecule has 1 aromatic heterocycles. The van der Waals surface area contributed by atoms with Crippen molar-refractivity contribution in [3.05, 3.63) is 17.0 Å². The molecule has 2 nitrogen and oxygen atoms in total. The van der Waals surface area contributed by atoms with Gasteiger partial charge in [0.05, 0.1) is 11.1 Å². The van der Waals surface area contributed by atoms with Crippen LogP contribution in [0.25, 0.3) is 0 Å². The van der Waals surface area contributed by atoms with Gasteiger partial charge in [-0.2, -0.15) is 5.10 Å². The lowest BCUT2D eigenvalue weighted by Gasteiger charge is -2.08. The highest BCUT2D eigenvalue weighted by Crippen LogP contribution is 2.28. The van der Waals surface area contributed by atoms with Crippen LogP contribution in [0.3, 0.4) is 0 Å². The van der Waals surface area contributed by atoms with Crippen molar-refractivity contribution in [2.24, 2.45) is 0 Å². The summed E-state index contributed by atoms with van der Waals surface area (Å²) in [7, 11) is 0. The summed E-state index contributed by atoms with van der Waals surface area (Å²) in [6.07, 6.45) is -0.991. The average Bonchev–Trinajstić information content (AvgIpc) is 2.54. The standard InChI is InChI=1S/C11H17ClF2N2/c1-4-8-11(7(3)12)9(5-2)16(15-8)6-10(13)14/h7,10H,4-6H2,1-3H3. The summed E-state index contributed by atoms with van der Waals surface area (Å²) in [5.74, 6) is 0. The van der Waals surface area contributed by atoms with Gasteiger partial charge in [0.1, 0.15) is 6.54 Å². The maximum absolute atomic E-state index is 12.4. The van der Waals surface area contributed by atoms with Gasteiger partial charge in [0.25, 0.3) is 6.43 Å². The van der Waals surface area contributed by atoms with Gasteiger partial charge in [0.15, 0.2) is 0 Å². The molecule has 0 aliphatic rings. The van der Waals surface area contributed by atoms with Gasteiger partial charge >= 0.3 is 0 Å². The van der Waals surface area contributed by atoms with E-state index in [0.29, 0.717) is 6.42 Å². The van der Waals surface area contributed by atoms with Crippen LogP contribution >= 0.6 is 11.6 Å². The Hall–Kier alpha value is -0.640. The van der Waals surface area contributed by atoms with Gasteiger partial charge in [-0.1, -0.05) is 13.8 Å². The minimum absolute atomic E-state index is 0.184. The predicted octanol–water partition coefficient (Wildman–Crippen LogP) is 3.57. The van der Waals surface area contributed by atoms with Crippen LogP contribution in [0.1, 0.15) is 43.1 Å². The summed E-state index contributed by atoms with van der Waals surface area (Å²) in [5, 5.41) is 4.03. The molecule has 1 aromatic rings. The fourth-order valence-electron chi connectivity index (χ4n) is 1.94. The fraction of sp³-hybridized carbons (Fsp3) is 0.727. The van der Waals surface area contributed by atoms with Crippen LogP contribution in [0.2, 0.25) is 0 Å². The average molecular weight is 251 g/mol. The van der Waals surface area contributed by atoms with Crippen LogP contribution in [0.5, 0.6) is 0 Å². The molecule has 1 unspecified atom stereocenters. The molecule has 0 aromatic carbocycles. The number of alkyl halides is 3. The van der Waals surface area contributed by atoms with Crippen LogP contribution in [0, 0.1) is 0 Å². The number of nitrogens with zero attached hydrogens (tertiary/aromatic N) is 2. The first-order valence-corrected chi connectivity index (χ1v) is 5.95. The van der Waals surface area contributed by atoms with Crippen molar-refractivity contribution in [2.45, 2.75) is 52.0 Å². The topological polar surface area (TPSA) is 17.8 Å². The molecule has 0 fully saturated rings. The Morgan fingerprint density at radius 3 is 2.31 bits per heavy atom. The van der Waals surface area contributed by atoms with E-state index in [1.54, 1.807) is 0 Å². The van der Waals surface area contributed by atoms with Crippen LogP contribution in [-0.2, 0) is 19.4 Å². The minimum atomic E-state index is -2.38. The molecule has 0 aliphatic carbocycles. The van der Waals surface area contributed by atoms with Crippen LogP contribution in [-0.4, -0.2) is 16.2 Å². The molecule has 1 rings (SSSR count). The third-order valence-electron chi connectivity index (χ3n) is 2.55. The second-order valence-corrected chi connectivity index (χ2v) is 4.36. The number of hydrogen-bond acceptors (Lipinski definition) is 1. The molecule has 0 amide bonds. The van der Waals surface area contributed by atoms with Crippen LogP contribution < -0.4 is 0 Å². The molecule has 1 atom stereocenters. The summed E-state index contributed by atoms with van der Waals surface area (Å²) >= 11 is 6.08. The maximum atomic E-state index is 12.4. The SMILES string of the molecule is CCc1nn(CC(F)F)c(CC)c1C(C)Cl. The number of rotatable bonds is 5. The Bertz CT molecular complexity index is 348. The molecule has 16 heavy (non-hydrogen) atoms. The zero-order valence-electron chi connectivity index (χ0n) is 9.80. The molecule has 0 spiro atoms. The van der Waals surface area contributed by atoms with Gasteiger partial charge in [-0.25, -0.2) is 8.78 Å². The van der Waals surface area contributed by atoms with Crippen molar-refractivity contribution in [3.8, 4) is 0 Å². The van der Waals surface area contributed by atoms with E-state index in [9.17, 15) is 8.78 Å². The number of hydrogen-bond donors (Lipinski definition) is 0. The third-order valence-corrected chi connectivity index (χ3v) is 2.77. The molecular weight excluding hydrogens is 234 g/mol. The number of halogens is 3. The first-order chi connectivity index (χ1) is 7.51. The first-order valence-electron chi connectivity index (χ1n) is 5.51. The lowest BCUT2D eigenvalue weighted by molar-refractivity contribution is 0.120. The van der Waals surface area contributed by atoms with E-state index >= 15 is 0 Å². The third kappa shape index (κ3) is 2.73. The number of aryl methyl sites for hydroxylation is 1. The van der Waals surface area contributed by atoms with Crippen molar-refractivity contribution < 1.29 is 8.78 Å². The summed E-state index contributed by atoms with van der Waals surface area (Å²) in [6, 6.07) is 0. The van der Waals surface area contributed by atoms with E-state index in [1.807, 2.05) is 20.8 Å². The lowest BCUT2D eigenvalue weighted by Crippen LogP contribution is -2.11. The highest BCUT2D eigenvalue weighted by atomic mass is 35.5. The van der Waals surface area contributed by atoms with Gasteiger partial charge in [-0.05, 0) is 19.8 Å². The molecule has 0 bridgehead atoms. The van der Waals surface area contributed by atoms with Crippen molar-refractivity contribution in [1.82, 2.24) is 9.78 Å². The molecule has 0 saturated heterocycles. The summed E-state index contributed by atoms with van der Waals surface area (Å²) in [5.41, 5.74) is 2.59. The molecule has 0 radical (unpaired) electrons. The van der Waals surface area contributed by atoms with Gasteiger partial charge < -0.3 is 0 Å². The Labute approximate surface area is 99.6 Å². The molecule has 0 aliphatic heterocycles. The predicted molar refractivity (Wildman–Crippen MR) is 61.3 cm³/mol. The van der Waals surface area contributed by atoms with Crippen molar-refractivity contribution in [3.63, 3.8) is 0 Å².